The topological polar surface area (TPSA) is 45.5 Å². The Morgan fingerprint density at radius 2 is 2.10 bits per heavy atom. The molecule has 1 atom stereocenters. The highest BCUT2D eigenvalue weighted by Crippen LogP contribution is 2.25. The number of hydrogen-bond acceptors (Lipinski definition) is 3. The Kier molecular flexibility index (Phi) is 3.72. The molecule has 1 N–H and O–H groups in total. The van der Waals surface area contributed by atoms with Gasteiger partial charge in [-0.25, -0.2) is 0 Å². The van der Waals surface area contributed by atoms with Gasteiger partial charge in [-0.2, -0.15) is 0 Å². The van der Waals surface area contributed by atoms with Crippen LogP contribution < -0.4 is 5.32 Å². The molecule has 2 aromatic rings. The van der Waals surface area contributed by atoms with Crippen LogP contribution in [-0.4, -0.2) is 37.5 Å². The molecule has 4 nitrogen and oxygen atoms in total. The van der Waals surface area contributed by atoms with Gasteiger partial charge in [0.15, 0.2) is 5.76 Å². The predicted octanol–water partition coefficient (Wildman–Crippen LogP) is 2.73. The van der Waals surface area contributed by atoms with Gasteiger partial charge < -0.3 is 14.6 Å². The molecule has 0 spiro atoms. The maximum atomic E-state index is 12.5. The Morgan fingerprint density at radius 1 is 1.33 bits per heavy atom. The number of likely N-dealkylation sites (tertiary alicyclic amines) is 1. The maximum absolute atomic E-state index is 12.5. The predicted molar refractivity (Wildman–Crippen MR) is 83.6 cm³/mol. The van der Waals surface area contributed by atoms with Crippen LogP contribution in [0.2, 0.25) is 0 Å². The lowest BCUT2D eigenvalue weighted by molar-refractivity contribution is 0.0758. The summed E-state index contributed by atoms with van der Waals surface area (Å²) in [4.78, 5) is 14.5. The molecule has 21 heavy (non-hydrogen) atoms. The summed E-state index contributed by atoms with van der Waals surface area (Å²) in [6.45, 7) is 6.73. The number of furan rings is 1. The van der Waals surface area contributed by atoms with Crippen LogP contribution in [0.1, 0.15) is 28.1 Å². The minimum Gasteiger partial charge on any atom is -0.451 e. The van der Waals surface area contributed by atoms with Gasteiger partial charge in [-0.1, -0.05) is 0 Å². The number of nitrogens with zero attached hydrogens (tertiary/aromatic N) is 1. The van der Waals surface area contributed by atoms with Crippen molar-refractivity contribution in [2.24, 2.45) is 5.92 Å². The molecule has 0 bridgehead atoms. The number of amides is 1. The normalized spacial score (nSPS) is 18.6. The third-order valence-corrected chi connectivity index (χ3v) is 4.41. The molecule has 0 aliphatic carbocycles. The van der Waals surface area contributed by atoms with Crippen molar-refractivity contribution in [1.29, 1.82) is 0 Å². The Hall–Kier alpha value is -1.81. The summed E-state index contributed by atoms with van der Waals surface area (Å²) in [6.07, 6.45) is 1.06. The Morgan fingerprint density at radius 3 is 2.86 bits per heavy atom. The van der Waals surface area contributed by atoms with E-state index < -0.39 is 0 Å². The molecule has 0 unspecified atom stereocenters. The van der Waals surface area contributed by atoms with Crippen LogP contribution in [0.3, 0.4) is 0 Å². The van der Waals surface area contributed by atoms with Crippen molar-refractivity contribution in [2.45, 2.75) is 20.3 Å². The first-order chi connectivity index (χ1) is 10.1. The van der Waals surface area contributed by atoms with E-state index in [-0.39, 0.29) is 5.91 Å². The molecule has 1 aromatic heterocycles. The van der Waals surface area contributed by atoms with E-state index in [1.54, 1.807) is 0 Å². The zero-order valence-corrected chi connectivity index (χ0v) is 12.9. The quantitative estimate of drug-likeness (QED) is 0.943. The fourth-order valence-corrected chi connectivity index (χ4v) is 3.04. The first-order valence-electron chi connectivity index (χ1n) is 7.53. The summed E-state index contributed by atoms with van der Waals surface area (Å²) < 4.78 is 5.77. The van der Waals surface area contributed by atoms with E-state index >= 15 is 0 Å². The molecule has 1 amide bonds. The van der Waals surface area contributed by atoms with E-state index in [1.165, 1.54) is 11.1 Å². The van der Waals surface area contributed by atoms with Crippen LogP contribution in [0.15, 0.2) is 22.6 Å². The van der Waals surface area contributed by atoms with Crippen LogP contribution in [0.4, 0.5) is 0 Å². The first-order valence-corrected chi connectivity index (χ1v) is 7.53. The van der Waals surface area contributed by atoms with Gasteiger partial charge in [0, 0.05) is 18.5 Å². The van der Waals surface area contributed by atoms with Crippen LogP contribution >= 0.6 is 0 Å². The zero-order chi connectivity index (χ0) is 15.0. The highest BCUT2D eigenvalue weighted by Gasteiger charge is 2.28. The Balaban J connectivity index is 1.82. The van der Waals surface area contributed by atoms with Crippen LogP contribution in [0.5, 0.6) is 0 Å². The molecule has 4 heteroatoms. The molecule has 0 saturated carbocycles. The molecule has 3 rings (SSSR count). The van der Waals surface area contributed by atoms with Crippen molar-refractivity contribution >= 4 is 16.9 Å². The SMILES string of the molecule is CNC[C@@H]1CCN(C(=O)c2cc3cc(C)c(C)cc3o2)C1. The lowest BCUT2D eigenvalue weighted by atomic mass is 10.1. The van der Waals surface area contributed by atoms with Crippen molar-refractivity contribution in [1.82, 2.24) is 10.2 Å². The lowest BCUT2D eigenvalue weighted by Gasteiger charge is -2.14. The molecule has 1 aliphatic rings. The van der Waals surface area contributed by atoms with Gasteiger partial charge in [-0.15, -0.1) is 0 Å². The standard InChI is InChI=1S/C17H22N2O2/c1-11-6-14-8-16(21-15(14)7-12(11)2)17(20)19-5-4-13(10-19)9-18-3/h6-8,13,18H,4-5,9-10H2,1-3H3/t13-/m0/s1. The van der Waals surface area contributed by atoms with Crippen LogP contribution in [0.25, 0.3) is 11.0 Å². The lowest BCUT2D eigenvalue weighted by Crippen LogP contribution is -2.30. The summed E-state index contributed by atoms with van der Waals surface area (Å²) in [5.74, 6) is 1.02. The highest BCUT2D eigenvalue weighted by atomic mass is 16.3. The van der Waals surface area contributed by atoms with Crippen LogP contribution in [-0.2, 0) is 0 Å². The molecule has 0 radical (unpaired) electrons. The Labute approximate surface area is 125 Å². The Bertz CT molecular complexity index is 636. The fraction of sp³-hybridized carbons (Fsp3) is 0.471. The monoisotopic (exact) mass is 286 g/mol. The minimum absolute atomic E-state index is 0.0140. The third-order valence-electron chi connectivity index (χ3n) is 4.41. The van der Waals surface area contributed by atoms with E-state index in [0.29, 0.717) is 11.7 Å². The van der Waals surface area contributed by atoms with Gasteiger partial charge in [-0.05, 0) is 69.1 Å². The third kappa shape index (κ3) is 2.68. The maximum Gasteiger partial charge on any atom is 0.289 e. The van der Waals surface area contributed by atoms with Crippen molar-refractivity contribution in [3.05, 3.63) is 35.1 Å². The van der Waals surface area contributed by atoms with E-state index in [0.717, 1.165) is 37.0 Å². The molecule has 1 aliphatic heterocycles. The number of carbonyl (C=O) groups is 1. The van der Waals surface area contributed by atoms with Gasteiger partial charge in [0.25, 0.3) is 5.91 Å². The highest BCUT2D eigenvalue weighted by molar-refractivity contribution is 5.96. The summed E-state index contributed by atoms with van der Waals surface area (Å²) in [5, 5.41) is 4.19. The number of carbonyl (C=O) groups excluding carboxylic acids is 1. The number of rotatable bonds is 3. The molecule has 1 saturated heterocycles. The fourth-order valence-electron chi connectivity index (χ4n) is 3.04. The molecular formula is C17H22N2O2. The molecule has 2 heterocycles. The van der Waals surface area contributed by atoms with Crippen LogP contribution in [0, 0.1) is 19.8 Å². The average molecular weight is 286 g/mol. The zero-order valence-electron chi connectivity index (χ0n) is 12.9. The molecule has 1 aromatic carbocycles. The van der Waals surface area contributed by atoms with Gasteiger partial charge in [0.1, 0.15) is 5.58 Å². The van der Waals surface area contributed by atoms with Gasteiger partial charge >= 0.3 is 0 Å². The van der Waals surface area contributed by atoms with E-state index in [2.05, 4.69) is 25.2 Å². The molecular weight excluding hydrogens is 264 g/mol. The van der Waals surface area contributed by atoms with Crippen molar-refractivity contribution in [3.8, 4) is 0 Å². The number of aryl methyl sites for hydroxylation is 2. The summed E-state index contributed by atoms with van der Waals surface area (Å²) in [7, 11) is 1.95. The summed E-state index contributed by atoms with van der Waals surface area (Å²) >= 11 is 0. The molecule has 1 fully saturated rings. The number of fused-ring (bicyclic) bond motifs is 1. The molecule has 112 valence electrons. The van der Waals surface area contributed by atoms with Gasteiger partial charge in [0.05, 0.1) is 0 Å². The first kappa shape index (κ1) is 14.1. The average Bonchev–Trinajstić information content (AvgIpc) is 3.06. The second-order valence-electron chi connectivity index (χ2n) is 6.05. The van der Waals surface area contributed by atoms with E-state index in [9.17, 15) is 4.79 Å². The summed E-state index contributed by atoms with van der Waals surface area (Å²) in [6, 6.07) is 5.96. The largest absolute Gasteiger partial charge is 0.451 e. The van der Waals surface area contributed by atoms with Gasteiger partial charge in [0.2, 0.25) is 0 Å². The number of nitrogens with one attached hydrogen (secondary N) is 1. The van der Waals surface area contributed by atoms with Crippen molar-refractivity contribution < 1.29 is 9.21 Å². The van der Waals surface area contributed by atoms with Crippen molar-refractivity contribution in [3.63, 3.8) is 0 Å². The van der Waals surface area contributed by atoms with E-state index in [4.69, 9.17) is 4.42 Å². The van der Waals surface area contributed by atoms with E-state index in [1.807, 2.05) is 24.1 Å². The minimum atomic E-state index is 0.0140. The number of hydrogen-bond donors (Lipinski definition) is 1. The van der Waals surface area contributed by atoms with Gasteiger partial charge in [-0.3, -0.25) is 4.79 Å². The summed E-state index contributed by atoms with van der Waals surface area (Å²) in [5.41, 5.74) is 3.20. The van der Waals surface area contributed by atoms with Crippen molar-refractivity contribution in [2.75, 3.05) is 26.7 Å². The second kappa shape index (κ2) is 5.53. The second-order valence-corrected chi connectivity index (χ2v) is 6.05. The smallest absolute Gasteiger partial charge is 0.289 e. The number of benzene rings is 1.